The number of aromatic carboxylic acids is 4. The average Bonchev–Trinajstić information content (AvgIpc) is 3.09. The molecular formula is C30H18Cl4N4O10Ru. The number of hydrogen-bond donors (Lipinski definition) is 6. The smallest absolute Gasteiger partial charge is 0.335 e. The van der Waals surface area contributed by atoms with E-state index in [2.05, 4.69) is 19.9 Å². The molecule has 0 aliphatic heterocycles. The summed E-state index contributed by atoms with van der Waals surface area (Å²) in [5.41, 5.74) is 1.56. The first kappa shape index (κ1) is 40.3. The number of rotatable bonds is 6. The molecule has 254 valence electrons. The molecule has 0 saturated carbocycles. The molecule has 0 aliphatic carbocycles. The summed E-state index contributed by atoms with van der Waals surface area (Å²) >= 11 is 22.0. The van der Waals surface area contributed by atoms with Gasteiger partial charge in [-0.2, -0.15) is 0 Å². The van der Waals surface area contributed by atoms with Crippen molar-refractivity contribution >= 4 is 70.3 Å². The van der Waals surface area contributed by atoms with E-state index in [0.29, 0.717) is 22.8 Å². The number of pyridine rings is 4. The third-order valence-electron chi connectivity index (χ3n) is 5.77. The first-order valence-corrected chi connectivity index (χ1v) is 14.2. The molecule has 19 heteroatoms. The molecule has 5 aromatic rings. The molecule has 6 N–H and O–H groups in total. The molecule has 0 atom stereocenters. The summed E-state index contributed by atoms with van der Waals surface area (Å²) in [6.45, 7) is 0. The van der Waals surface area contributed by atoms with Crippen LogP contribution >= 0.6 is 46.4 Å². The number of aromatic hydroxyl groups is 2. The zero-order valence-electron chi connectivity index (χ0n) is 23.9. The van der Waals surface area contributed by atoms with E-state index in [1.165, 1.54) is 73.3 Å². The fraction of sp³-hybridized carbons (Fsp3) is 0. The Labute approximate surface area is 308 Å². The molecule has 1 aromatic carbocycles. The number of aromatic nitrogens is 4. The van der Waals surface area contributed by atoms with Crippen LogP contribution in [0.15, 0.2) is 73.3 Å². The van der Waals surface area contributed by atoms with Gasteiger partial charge in [0.25, 0.3) is 0 Å². The van der Waals surface area contributed by atoms with Crippen LogP contribution in [0.25, 0.3) is 22.8 Å². The van der Waals surface area contributed by atoms with E-state index in [4.69, 9.17) is 77.0 Å². The molecule has 49 heavy (non-hydrogen) atoms. The molecule has 0 bridgehead atoms. The molecular weight excluding hydrogens is 819 g/mol. The molecule has 0 fully saturated rings. The van der Waals surface area contributed by atoms with Crippen molar-refractivity contribution in [3.63, 3.8) is 0 Å². The van der Waals surface area contributed by atoms with Gasteiger partial charge in [-0.25, -0.2) is 19.2 Å². The summed E-state index contributed by atoms with van der Waals surface area (Å²) in [4.78, 5) is 59.2. The first-order valence-electron chi connectivity index (χ1n) is 12.6. The minimum absolute atomic E-state index is 0. The molecule has 14 nitrogen and oxygen atoms in total. The van der Waals surface area contributed by atoms with Crippen LogP contribution in [0.4, 0.5) is 0 Å². The Balaban J connectivity index is 0.000000258. The molecule has 0 unspecified atom stereocenters. The number of carbonyl (C=O) groups is 4. The zero-order chi connectivity index (χ0) is 35.7. The maximum absolute atomic E-state index is 10.8. The van der Waals surface area contributed by atoms with Crippen LogP contribution in [0.3, 0.4) is 0 Å². The zero-order valence-corrected chi connectivity index (χ0v) is 28.7. The van der Waals surface area contributed by atoms with E-state index in [1.807, 2.05) is 0 Å². The second-order valence-corrected chi connectivity index (χ2v) is 10.4. The van der Waals surface area contributed by atoms with Gasteiger partial charge >= 0.3 is 23.9 Å². The fourth-order valence-corrected chi connectivity index (χ4v) is 4.26. The van der Waals surface area contributed by atoms with E-state index < -0.39 is 35.4 Å². The van der Waals surface area contributed by atoms with Gasteiger partial charge in [0.2, 0.25) is 0 Å². The van der Waals surface area contributed by atoms with Crippen LogP contribution < -0.4 is 0 Å². The molecule has 5 rings (SSSR count). The van der Waals surface area contributed by atoms with Crippen LogP contribution in [-0.2, 0) is 19.5 Å². The normalized spacial score (nSPS) is 9.88. The number of halogens is 4. The number of nitrogens with zero attached hydrogens (tertiary/aromatic N) is 4. The van der Waals surface area contributed by atoms with Crippen LogP contribution in [-0.4, -0.2) is 74.5 Å². The average molecular weight is 837 g/mol. The molecule has 0 aliphatic rings. The van der Waals surface area contributed by atoms with Crippen molar-refractivity contribution in [2.45, 2.75) is 0 Å². The van der Waals surface area contributed by atoms with Crippen molar-refractivity contribution in [3.8, 4) is 34.3 Å². The second kappa shape index (κ2) is 18.0. The van der Waals surface area contributed by atoms with E-state index >= 15 is 0 Å². The summed E-state index contributed by atoms with van der Waals surface area (Å²) in [6, 6.07) is 10.8. The topological polar surface area (TPSA) is 241 Å². The second-order valence-electron chi connectivity index (χ2n) is 8.89. The molecule has 0 spiro atoms. The maximum Gasteiger partial charge on any atom is 0.335 e. The monoisotopic (exact) mass is 836 g/mol. The quantitative estimate of drug-likeness (QED) is 0.0447. The van der Waals surface area contributed by atoms with Crippen LogP contribution in [0.1, 0.15) is 41.4 Å². The number of phenolic OH excluding ortho intramolecular Hbond substituents is 2. The van der Waals surface area contributed by atoms with Gasteiger partial charge in [-0.1, -0.05) is 46.4 Å². The van der Waals surface area contributed by atoms with Crippen molar-refractivity contribution in [2.75, 3.05) is 0 Å². The van der Waals surface area contributed by atoms with Crippen molar-refractivity contribution in [2.24, 2.45) is 0 Å². The van der Waals surface area contributed by atoms with Gasteiger partial charge in [0, 0.05) is 44.3 Å². The Bertz CT molecular complexity index is 1730. The van der Waals surface area contributed by atoms with E-state index in [0.717, 1.165) is 0 Å². The molecule has 4 heterocycles. The van der Waals surface area contributed by atoms with E-state index in [9.17, 15) is 19.2 Å². The Morgan fingerprint density at radius 1 is 0.429 bits per heavy atom. The van der Waals surface area contributed by atoms with E-state index in [1.54, 1.807) is 0 Å². The number of carboxylic acid groups (broad SMARTS) is 4. The first-order chi connectivity index (χ1) is 22.6. The standard InChI is InChI=1S/2C12H8N2O4.C6H2Cl4O2.Ru/c2*15-11(16)7-1-3-13-9(5-7)10-6-8(12(17)18)2-4-14-10;7-1-2(8)4(10)6(12)5(11)3(1)9;/h2*1-6H,(H,15,16)(H,17,18);11-12H;. The van der Waals surface area contributed by atoms with Crippen LogP contribution in [0, 0.1) is 0 Å². The Kier molecular flexibility index (Phi) is 14.8. The van der Waals surface area contributed by atoms with Crippen molar-refractivity contribution < 1.29 is 69.3 Å². The van der Waals surface area contributed by atoms with E-state index in [-0.39, 0.29) is 61.8 Å². The van der Waals surface area contributed by atoms with Gasteiger partial charge in [0.15, 0.2) is 11.5 Å². The Morgan fingerprint density at radius 3 is 0.816 bits per heavy atom. The summed E-state index contributed by atoms with van der Waals surface area (Å²) in [7, 11) is 0. The molecule has 0 radical (unpaired) electrons. The maximum atomic E-state index is 10.8. The minimum atomic E-state index is -1.08. The SMILES string of the molecule is O=C(O)c1ccnc(-c2cc(C(=O)O)ccn2)c1.O=C(O)c1ccnc(-c2cc(C(=O)O)ccn2)c1.Oc1c(O)c(Cl)c(Cl)c(Cl)c1Cl.[Ru]. The molecule has 0 amide bonds. The number of carboxylic acids is 4. The van der Waals surface area contributed by atoms with Gasteiger partial charge in [0.05, 0.1) is 55.1 Å². The van der Waals surface area contributed by atoms with Gasteiger partial charge < -0.3 is 30.6 Å². The summed E-state index contributed by atoms with van der Waals surface area (Å²) in [5.74, 6) is -5.45. The summed E-state index contributed by atoms with van der Waals surface area (Å²) in [5, 5.41) is 53.0. The van der Waals surface area contributed by atoms with Crippen molar-refractivity contribution in [3.05, 3.63) is 116 Å². The number of benzene rings is 1. The summed E-state index contributed by atoms with van der Waals surface area (Å²) in [6.07, 6.45) is 5.36. The predicted octanol–water partition coefficient (Wildman–Crippen LogP) is 6.79. The third kappa shape index (κ3) is 10.5. The summed E-state index contributed by atoms with van der Waals surface area (Å²) < 4.78 is 0. The predicted molar refractivity (Wildman–Crippen MR) is 173 cm³/mol. The van der Waals surface area contributed by atoms with Gasteiger partial charge in [-0.05, 0) is 48.5 Å². The van der Waals surface area contributed by atoms with Crippen LogP contribution in [0.5, 0.6) is 11.5 Å². The van der Waals surface area contributed by atoms with Gasteiger partial charge in [0.1, 0.15) is 10.0 Å². The fourth-order valence-electron chi connectivity index (χ4n) is 3.42. The van der Waals surface area contributed by atoms with Crippen molar-refractivity contribution in [1.29, 1.82) is 0 Å². The molecule has 4 aromatic heterocycles. The minimum Gasteiger partial charge on any atom is -0.503 e. The third-order valence-corrected chi connectivity index (χ3v) is 7.55. The van der Waals surface area contributed by atoms with Gasteiger partial charge in [-0.15, -0.1) is 0 Å². The number of hydrogen-bond acceptors (Lipinski definition) is 10. The Hall–Kier alpha value is -4.92. The Morgan fingerprint density at radius 2 is 0.633 bits per heavy atom. The van der Waals surface area contributed by atoms with Crippen LogP contribution in [0.2, 0.25) is 20.1 Å². The largest absolute Gasteiger partial charge is 0.503 e. The number of phenols is 2. The molecule has 0 saturated heterocycles. The van der Waals surface area contributed by atoms with Crippen molar-refractivity contribution in [1.82, 2.24) is 19.9 Å². The van der Waals surface area contributed by atoms with Gasteiger partial charge in [-0.3, -0.25) is 19.9 Å².